The Morgan fingerprint density at radius 1 is 1.09 bits per heavy atom. The molecule has 1 aromatic carbocycles. The van der Waals surface area contributed by atoms with Gasteiger partial charge < -0.3 is 15.3 Å². The van der Waals surface area contributed by atoms with Crippen molar-refractivity contribution < 1.29 is 19.1 Å². The van der Waals surface area contributed by atoms with E-state index in [0.717, 1.165) is 4.40 Å². The van der Waals surface area contributed by atoms with Gasteiger partial charge in [0.1, 0.15) is 5.82 Å². The second kappa shape index (κ2) is 10.9. The number of halogens is 1. The molecule has 0 spiro atoms. The molecule has 2 amide bonds. The van der Waals surface area contributed by atoms with Gasteiger partial charge in [-0.1, -0.05) is 26.0 Å². The van der Waals surface area contributed by atoms with Gasteiger partial charge in [0.15, 0.2) is 11.3 Å². The minimum Gasteiger partial charge on any atom is -0.501 e. The molecular weight excluding hydrogens is 441 g/mol. The van der Waals surface area contributed by atoms with Crippen molar-refractivity contribution in [3.8, 4) is 5.75 Å². The Labute approximate surface area is 196 Å². The number of benzene rings is 1. The van der Waals surface area contributed by atoms with Crippen molar-refractivity contribution in [2.75, 3.05) is 31.1 Å². The fourth-order valence-electron chi connectivity index (χ4n) is 3.58. The lowest BCUT2D eigenvalue weighted by Crippen LogP contribution is -2.41. The monoisotopic (exact) mass is 469 g/mol. The van der Waals surface area contributed by atoms with E-state index in [0.29, 0.717) is 30.9 Å². The van der Waals surface area contributed by atoms with E-state index >= 15 is 0 Å². The second-order valence-corrected chi connectivity index (χ2v) is 7.61. The first kappa shape index (κ1) is 24.8. The Kier molecular flexibility index (Phi) is 7.95. The molecule has 9 nitrogen and oxygen atoms in total. The number of carbonyl (C=O) groups excluding carboxylic acids is 2. The number of aromatic nitrogens is 2. The molecular formula is C24H28FN5O4. The topological polar surface area (TPSA) is 107 Å². The fraction of sp³-hybridized carbons (Fsp3) is 0.333. The summed E-state index contributed by atoms with van der Waals surface area (Å²) in [5, 5.41) is 13.0. The van der Waals surface area contributed by atoms with Crippen LogP contribution in [0.3, 0.4) is 0 Å². The number of anilines is 1. The van der Waals surface area contributed by atoms with Gasteiger partial charge in [0.05, 0.1) is 12.2 Å². The minimum atomic E-state index is -0.828. The number of nitrogens with one attached hydrogen (secondary N) is 1. The van der Waals surface area contributed by atoms with E-state index in [1.165, 1.54) is 35.4 Å². The highest BCUT2D eigenvalue weighted by Crippen LogP contribution is 2.22. The Balaban J connectivity index is 1.98. The summed E-state index contributed by atoms with van der Waals surface area (Å²) in [6, 6.07) is 8.77. The molecule has 0 unspecified atom stereocenters. The predicted octanol–water partition coefficient (Wildman–Crippen LogP) is 2.16. The van der Waals surface area contributed by atoms with Crippen LogP contribution in [0.25, 0.3) is 5.65 Å². The van der Waals surface area contributed by atoms with Gasteiger partial charge in [0, 0.05) is 19.3 Å². The summed E-state index contributed by atoms with van der Waals surface area (Å²) in [4.78, 5) is 46.3. The summed E-state index contributed by atoms with van der Waals surface area (Å²) in [6.45, 7) is 7.71. The molecule has 2 heterocycles. The first-order valence-electron chi connectivity index (χ1n) is 11.1. The third-order valence-corrected chi connectivity index (χ3v) is 5.55. The van der Waals surface area contributed by atoms with Gasteiger partial charge in [-0.15, -0.1) is 0 Å². The minimum absolute atomic E-state index is 0.0463. The van der Waals surface area contributed by atoms with Crippen molar-refractivity contribution in [3.63, 3.8) is 0 Å². The quantitative estimate of drug-likeness (QED) is 0.497. The highest BCUT2D eigenvalue weighted by atomic mass is 19.1. The molecule has 2 N–H and O–H groups in total. The third-order valence-electron chi connectivity index (χ3n) is 5.55. The number of rotatable bonds is 9. The maximum Gasteiger partial charge on any atom is 0.300 e. The first-order chi connectivity index (χ1) is 16.3. The Morgan fingerprint density at radius 2 is 1.76 bits per heavy atom. The van der Waals surface area contributed by atoms with Crippen LogP contribution in [0, 0.1) is 5.82 Å². The SMILES string of the molecule is CCN(CC)CC(=O)N(CC)c1cccn2c(=O)c(O)c(C(=O)NCc3ccc(F)cc3)nc12. The molecule has 0 aliphatic heterocycles. The van der Waals surface area contributed by atoms with Crippen molar-refractivity contribution in [3.05, 3.63) is 70.0 Å². The number of pyridine rings is 1. The highest BCUT2D eigenvalue weighted by Gasteiger charge is 2.23. The van der Waals surface area contributed by atoms with Gasteiger partial charge in [-0.05, 0) is 49.8 Å². The largest absolute Gasteiger partial charge is 0.501 e. The maximum atomic E-state index is 13.1. The summed E-state index contributed by atoms with van der Waals surface area (Å²) in [6.07, 6.45) is 1.41. The molecule has 0 radical (unpaired) electrons. The number of amides is 2. The molecule has 3 aromatic rings. The van der Waals surface area contributed by atoms with Crippen LogP contribution in [0.2, 0.25) is 0 Å². The van der Waals surface area contributed by atoms with E-state index in [1.807, 2.05) is 18.7 Å². The van der Waals surface area contributed by atoms with E-state index in [9.17, 15) is 23.9 Å². The van der Waals surface area contributed by atoms with E-state index in [4.69, 9.17) is 0 Å². The number of aromatic hydroxyl groups is 1. The van der Waals surface area contributed by atoms with Gasteiger partial charge >= 0.3 is 5.56 Å². The van der Waals surface area contributed by atoms with Crippen molar-refractivity contribution in [2.45, 2.75) is 27.3 Å². The molecule has 0 bridgehead atoms. The van der Waals surface area contributed by atoms with E-state index in [1.54, 1.807) is 19.1 Å². The van der Waals surface area contributed by atoms with Gasteiger partial charge in [0.25, 0.3) is 5.91 Å². The smallest absolute Gasteiger partial charge is 0.300 e. The number of fused-ring (bicyclic) bond motifs is 1. The van der Waals surface area contributed by atoms with Crippen LogP contribution in [0.1, 0.15) is 36.8 Å². The molecule has 180 valence electrons. The molecule has 0 aliphatic rings. The lowest BCUT2D eigenvalue weighted by Gasteiger charge is -2.26. The summed E-state index contributed by atoms with van der Waals surface area (Å²) in [7, 11) is 0. The van der Waals surface area contributed by atoms with E-state index < -0.39 is 28.7 Å². The van der Waals surface area contributed by atoms with E-state index in [2.05, 4.69) is 10.3 Å². The summed E-state index contributed by atoms with van der Waals surface area (Å²) < 4.78 is 14.2. The normalized spacial score (nSPS) is 11.1. The molecule has 3 rings (SSSR count). The van der Waals surface area contributed by atoms with Crippen molar-refractivity contribution in [1.82, 2.24) is 19.6 Å². The van der Waals surface area contributed by atoms with Gasteiger partial charge in [-0.3, -0.25) is 23.7 Å². The molecule has 2 aromatic heterocycles. The molecule has 0 saturated heterocycles. The fourth-order valence-corrected chi connectivity index (χ4v) is 3.58. The molecule has 10 heteroatoms. The zero-order valence-electron chi connectivity index (χ0n) is 19.4. The van der Waals surface area contributed by atoms with Gasteiger partial charge in [-0.25, -0.2) is 9.37 Å². The molecule has 0 atom stereocenters. The summed E-state index contributed by atoms with van der Waals surface area (Å²) >= 11 is 0. The van der Waals surface area contributed by atoms with Crippen LogP contribution in [-0.2, 0) is 11.3 Å². The number of likely N-dealkylation sites (N-methyl/N-ethyl adjacent to an activating group) is 2. The van der Waals surface area contributed by atoms with Crippen LogP contribution in [0.4, 0.5) is 10.1 Å². The number of hydrogen-bond donors (Lipinski definition) is 2. The van der Waals surface area contributed by atoms with Gasteiger partial charge in [-0.2, -0.15) is 0 Å². The van der Waals surface area contributed by atoms with Gasteiger partial charge in [0.2, 0.25) is 11.7 Å². The Bertz CT molecular complexity index is 1240. The Hall–Kier alpha value is -3.79. The predicted molar refractivity (Wildman–Crippen MR) is 127 cm³/mol. The van der Waals surface area contributed by atoms with Crippen LogP contribution < -0.4 is 15.8 Å². The number of carbonyl (C=O) groups is 2. The van der Waals surface area contributed by atoms with Crippen molar-refractivity contribution >= 4 is 23.1 Å². The third kappa shape index (κ3) is 5.23. The average molecular weight is 470 g/mol. The Morgan fingerprint density at radius 3 is 2.38 bits per heavy atom. The van der Waals surface area contributed by atoms with Crippen molar-refractivity contribution in [1.29, 1.82) is 0 Å². The zero-order chi connectivity index (χ0) is 24.8. The molecule has 0 aliphatic carbocycles. The van der Waals surface area contributed by atoms with Crippen LogP contribution in [-0.4, -0.2) is 57.4 Å². The zero-order valence-corrected chi connectivity index (χ0v) is 19.4. The van der Waals surface area contributed by atoms with Crippen molar-refractivity contribution in [2.24, 2.45) is 0 Å². The second-order valence-electron chi connectivity index (χ2n) is 7.61. The number of hydrogen-bond acceptors (Lipinski definition) is 6. The lowest BCUT2D eigenvalue weighted by molar-refractivity contribution is -0.119. The summed E-state index contributed by atoms with van der Waals surface area (Å²) in [5.74, 6) is -2.15. The first-order valence-corrected chi connectivity index (χ1v) is 11.1. The summed E-state index contributed by atoms with van der Waals surface area (Å²) in [5.41, 5.74) is -0.219. The standard InChI is InChI=1S/C24H28FN5O4/c1-4-28(5-2)15-19(31)29(6-3)18-8-7-13-30-22(18)27-20(21(32)24(30)34)23(33)26-14-16-9-11-17(25)12-10-16/h7-13,32H,4-6,14-15H2,1-3H3,(H,26,33). The number of nitrogens with zero attached hydrogens (tertiary/aromatic N) is 4. The van der Waals surface area contributed by atoms with E-state index in [-0.39, 0.29) is 24.6 Å². The van der Waals surface area contributed by atoms with Crippen LogP contribution in [0.15, 0.2) is 47.4 Å². The lowest BCUT2D eigenvalue weighted by atomic mass is 10.2. The molecule has 0 saturated carbocycles. The average Bonchev–Trinajstić information content (AvgIpc) is 2.84. The highest BCUT2D eigenvalue weighted by molar-refractivity contribution is 5.99. The molecule has 0 fully saturated rings. The molecule has 34 heavy (non-hydrogen) atoms. The van der Waals surface area contributed by atoms with Crippen LogP contribution in [0.5, 0.6) is 5.75 Å². The maximum absolute atomic E-state index is 13.1. The van der Waals surface area contributed by atoms with Crippen LogP contribution >= 0.6 is 0 Å².